The molecule has 0 aliphatic carbocycles. The van der Waals surface area contributed by atoms with E-state index in [2.05, 4.69) is 0 Å². The van der Waals surface area contributed by atoms with Crippen molar-refractivity contribution in [2.45, 2.75) is 6.54 Å². The smallest absolute Gasteiger partial charge is 0.272 e. The predicted octanol–water partition coefficient (Wildman–Crippen LogP) is 4.39. The third-order valence-corrected chi connectivity index (χ3v) is 3.48. The van der Waals surface area contributed by atoms with Crippen LogP contribution in [0, 0.1) is 15.9 Å². The van der Waals surface area contributed by atoms with Crippen molar-refractivity contribution in [1.29, 1.82) is 0 Å². The zero-order valence-corrected chi connectivity index (χ0v) is 11.5. The summed E-state index contributed by atoms with van der Waals surface area (Å²) < 4.78 is 15.3. The Morgan fingerprint density at radius 2 is 2.00 bits per heavy atom. The zero-order chi connectivity index (χ0) is 15.0. The number of nitro groups is 1. The molecule has 1 aromatic heterocycles. The van der Waals surface area contributed by atoms with Crippen LogP contribution in [-0.4, -0.2) is 9.49 Å². The Hall–Kier alpha value is -2.40. The molecule has 0 bridgehead atoms. The summed E-state index contributed by atoms with van der Waals surface area (Å²) in [5.74, 6) is -0.617. The lowest BCUT2D eigenvalue weighted by molar-refractivity contribution is -0.385. The molecule has 0 amide bonds. The van der Waals surface area contributed by atoms with Gasteiger partial charge in [-0.25, -0.2) is 4.39 Å². The highest BCUT2D eigenvalue weighted by Crippen LogP contribution is 2.23. The average molecular weight is 305 g/mol. The Morgan fingerprint density at radius 3 is 2.76 bits per heavy atom. The van der Waals surface area contributed by atoms with E-state index in [1.807, 2.05) is 29.0 Å². The van der Waals surface area contributed by atoms with Crippen LogP contribution in [0.25, 0.3) is 10.9 Å². The van der Waals surface area contributed by atoms with Gasteiger partial charge in [-0.3, -0.25) is 10.1 Å². The van der Waals surface area contributed by atoms with Gasteiger partial charge < -0.3 is 4.57 Å². The highest BCUT2D eigenvalue weighted by Gasteiger charge is 2.11. The lowest BCUT2D eigenvalue weighted by atomic mass is 10.2. The molecule has 1 heterocycles. The van der Waals surface area contributed by atoms with Gasteiger partial charge in [0.2, 0.25) is 0 Å². The van der Waals surface area contributed by atoms with Crippen molar-refractivity contribution in [1.82, 2.24) is 4.57 Å². The van der Waals surface area contributed by atoms with Gasteiger partial charge >= 0.3 is 0 Å². The van der Waals surface area contributed by atoms with Crippen molar-refractivity contribution >= 4 is 28.2 Å². The standard InChI is InChI=1S/C15H10ClFN2O2/c16-12-2-1-11-3-4-18(15(11)7-12)9-10-5-13(17)8-14(6-10)19(20)21/h1-8H,9H2. The van der Waals surface area contributed by atoms with Gasteiger partial charge in [-0.2, -0.15) is 0 Å². The van der Waals surface area contributed by atoms with Crippen LogP contribution in [0.2, 0.25) is 5.02 Å². The minimum atomic E-state index is -0.617. The molecule has 0 unspecified atom stereocenters. The van der Waals surface area contributed by atoms with Crippen LogP contribution >= 0.6 is 11.6 Å². The van der Waals surface area contributed by atoms with E-state index >= 15 is 0 Å². The topological polar surface area (TPSA) is 48.1 Å². The van der Waals surface area contributed by atoms with Gasteiger partial charge in [0, 0.05) is 29.3 Å². The summed E-state index contributed by atoms with van der Waals surface area (Å²) in [5.41, 5.74) is 1.17. The molecule has 106 valence electrons. The fourth-order valence-corrected chi connectivity index (χ4v) is 2.49. The van der Waals surface area contributed by atoms with Gasteiger partial charge in [0.05, 0.1) is 11.0 Å². The number of nitro benzene ring substituents is 1. The quantitative estimate of drug-likeness (QED) is 0.532. The Labute approximate surface area is 124 Å². The maximum absolute atomic E-state index is 13.5. The Balaban J connectivity index is 2.02. The molecular weight excluding hydrogens is 295 g/mol. The molecule has 3 aromatic rings. The molecule has 21 heavy (non-hydrogen) atoms. The summed E-state index contributed by atoms with van der Waals surface area (Å²) >= 11 is 5.98. The number of benzene rings is 2. The molecule has 0 aliphatic heterocycles. The van der Waals surface area contributed by atoms with E-state index in [4.69, 9.17) is 11.6 Å². The normalized spacial score (nSPS) is 11.0. The number of non-ortho nitro benzene ring substituents is 1. The van der Waals surface area contributed by atoms with E-state index in [9.17, 15) is 14.5 Å². The number of rotatable bonds is 3. The average Bonchev–Trinajstić information content (AvgIpc) is 2.80. The summed E-state index contributed by atoms with van der Waals surface area (Å²) in [7, 11) is 0. The van der Waals surface area contributed by atoms with Gasteiger partial charge in [-0.1, -0.05) is 17.7 Å². The van der Waals surface area contributed by atoms with Crippen molar-refractivity contribution in [3.05, 3.63) is 75.2 Å². The molecule has 4 nitrogen and oxygen atoms in total. The highest BCUT2D eigenvalue weighted by atomic mass is 35.5. The van der Waals surface area contributed by atoms with Crippen LogP contribution in [0.3, 0.4) is 0 Å². The van der Waals surface area contributed by atoms with E-state index in [0.29, 0.717) is 17.1 Å². The van der Waals surface area contributed by atoms with Gasteiger partial charge in [0.15, 0.2) is 0 Å². The van der Waals surface area contributed by atoms with Crippen molar-refractivity contribution in [2.24, 2.45) is 0 Å². The van der Waals surface area contributed by atoms with Crippen molar-refractivity contribution in [3.63, 3.8) is 0 Å². The molecule has 0 atom stereocenters. The first-order chi connectivity index (χ1) is 10.0. The minimum absolute atomic E-state index is 0.250. The number of hydrogen-bond donors (Lipinski definition) is 0. The van der Waals surface area contributed by atoms with Crippen LogP contribution < -0.4 is 0 Å². The molecular formula is C15H10ClFN2O2. The minimum Gasteiger partial charge on any atom is -0.343 e. The van der Waals surface area contributed by atoms with Crippen LogP contribution in [-0.2, 0) is 6.54 Å². The van der Waals surface area contributed by atoms with Gasteiger partial charge in [0.25, 0.3) is 5.69 Å². The zero-order valence-electron chi connectivity index (χ0n) is 10.8. The lowest BCUT2D eigenvalue weighted by Crippen LogP contribution is -2.00. The van der Waals surface area contributed by atoms with E-state index in [1.54, 1.807) is 6.07 Å². The van der Waals surface area contributed by atoms with Crippen LogP contribution in [0.4, 0.5) is 10.1 Å². The molecule has 0 aliphatic rings. The summed E-state index contributed by atoms with van der Waals surface area (Å²) in [6.45, 7) is 0.336. The second-order valence-electron chi connectivity index (χ2n) is 4.72. The van der Waals surface area contributed by atoms with Crippen molar-refractivity contribution in [3.8, 4) is 0 Å². The number of hydrogen-bond acceptors (Lipinski definition) is 2. The fraction of sp³-hybridized carbons (Fsp3) is 0.0667. The molecule has 0 saturated heterocycles. The highest BCUT2D eigenvalue weighted by molar-refractivity contribution is 6.31. The summed E-state index contributed by atoms with van der Waals surface area (Å²) in [5, 5.41) is 12.4. The van der Waals surface area contributed by atoms with E-state index in [0.717, 1.165) is 17.0 Å². The third kappa shape index (κ3) is 2.73. The maximum atomic E-state index is 13.5. The number of aromatic nitrogens is 1. The number of nitrogens with zero attached hydrogens (tertiary/aromatic N) is 2. The summed E-state index contributed by atoms with van der Waals surface area (Å²) in [4.78, 5) is 10.2. The molecule has 0 radical (unpaired) electrons. The van der Waals surface area contributed by atoms with E-state index in [-0.39, 0.29) is 5.69 Å². The maximum Gasteiger partial charge on any atom is 0.272 e. The van der Waals surface area contributed by atoms with Gasteiger partial charge in [-0.05, 0) is 35.2 Å². The monoisotopic (exact) mass is 304 g/mol. The van der Waals surface area contributed by atoms with E-state index in [1.165, 1.54) is 12.1 Å². The Morgan fingerprint density at radius 1 is 1.19 bits per heavy atom. The van der Waals surface area contributed by atoms with Crippen LogP contribution in [0.5, 0.6) is 0 Å². The summed E-state index contributed by atoms with van der Waals surface area (Å²) in [6.07, 6.45) is 1.84. The number of halogens is 2. The Bertz CT molecular complexity index is 845. The molecule has 3 rings (SSSR count). The first-order valence-electron chi connectivity index (χ1n) is 6.21. The van der Waals surface area contributed by atoms with E-state index < -0.39 is 10.7 Å². The first kappa shape index (κ1) is 13.6. The molecule has 0 N–H and O–H groups in total. The summed E-state index contributed by atoms with van der Waals surface area (Å²) in [6, 6.07) is 11.0. The van der Waals surface area contributed by atoms with Crippen molar-refractivity contribution in [2.75, 3.05) is 0 Å². The lowest BCUT2D eigenvalue weighted by Gasteiger charge is -2.06. The van der Waals surface area contributed by atoms with Crippen molar-refractivity contribution < 1.29 is 9.31 Å². The molecule has 6 heteroatoms. The second kappa shape index (κ2) is 5.18. The molecule has 0 spiro atoms. The molecule has 0 saturated carbocycles. The van der Waals surface area contributed by atoms with Crippen LogP contribution in [0.15, 0.2) is 48.7 Å². The van der Waals surface area contributed by atoms with Crippen LogP contribution in [0.1, 0.15) is 5.56 Å². The third-order valence-electron chi connectivity index (χ3n) is 3.24. The fourth-order valence-electron chi connectivity index (χ4n) is 2.32. The first-order valence-corrected chi connectivity index (χ1v) is 6.59. The SMILES string of the molecule is O=[N+]([O-])c1cc(F)cc(Cn2ccc3ccc(Cl)cc32)c1. The number of fused-ring (bicyclic) bond motifs is 1. The van der Waals surface area contributed by atoms with Gasteiger partial charge in [0.1, 0.15) is 5.82 Å². The Kier molecular flexibility index (Phi) is 3.35. The second-order valence-corrected chi connectivity index (χ2v) is 5.16. The molecule has 0 fully saturated rings. The predicted molar refractivity (Wildman–Crippen MR) is 79.1 cm³/mol. The van der Waals surface area contributed by atoms with Gasteiger partial charge in [-0.15, -0.1) is 0 Å². The largest absolute Gasteiger partial charge is 0.343 e. The molecule has 2 aromatic carbocycles.